The van der Waals surface area contributed by atoms with Gasteiger partial charge in [-0.2, -0.15) is 4.98 Å². The SMILES string of the molecule is C=CCCC1=N[C@@H](CC(=O)NC2C=C(N3Cc4cnc(Nc5ccc(C)nc5)nc4N(C)C3=O)C(C)=CC2)C(=O)N(C)c2ccccc21. The minimum absolute atomic E-state index is 0.0950. The lowest BCUT2D eigenvalue weighted by Crippen LogP contribution is -2.46. The highest BCUT2D eigenvalue weighted by molar-refractivity contribution is 6.13. The van der Waals surface area contributed by atoms with Crippen LogP contribution in [0.2, 0.25) is 0 Å². The maximum atomic E-state index is 13.7. The zero-order valence-electron chi connectivity index (χ0n) is 27.6. The number of rotatable bonds is 9. The van der Waals surface area contributed by atoms with Crippen LogP contribution in [0.1, 0.15) is 49.4 Å². The number of aliphatic imine (C=N–C) groups is 1. The summed E-state index contributed by atoms with van der Waals surface area (Å²) in [5.41, 5.74) is 6.49. The molecule has 1 aromatic carbocycles. The lowest BCUT2D eigenvalue weighted by molar-refractivity contribution is -0.126. The molecule has 3 aliphatic rings. The summed E-state index contributed by atoms with van der Waals surface area (Å²) in [5.74, 6) is 0.351. The molecule has 4 heterocycles. The van der Waals surface area contributed by atoms with Crippen molar-refractivity contribution in [3.63, 3.8) is 0 Å². The average molecular weight is 646 g/mol. The number of benzodiazepines with no additional fused rings is 1. The van der Waals surface area contributed by atoms with Crippen molar-refractivity contribution < 1.29 is 14.4 Å². The minimum Gasteiger partial charge on any atom is -0.349 e. The Kier molecular flexibility index (Phi) is 9.15. The lowest BCUT2D eigenvalue weighted by Gasteiger charge is -2.37. The smallest absolute Gasteiger partial charge is 0.330 e. The number of nitrogens with one attached hydrogen (secondary N) is 2. The molecule has 0 radical (unpaired) electrons. The molecule has 2 aliphatic heterocycles. The second-order valence-electron chi connectivity index (χ2n) is 12.2. The molecule has 2 atom stereocenters. The molecule has 0 bridgehead atoms. The number of carbonyl (C=O) groups is 3. The van der Waals surface area contributed by atoms with Crippen molar-refractivity contribution in [1.82, 2.24) is 25.2 Å². The summed E-state index contributed by atoms with van der Waals surface area (Å²) in [6, 6.07) is 9.96. The Bertz CT molecular complexity index is 1860. The van der Waals surface area contributed by atoms with Crippen LogP contribution in [0.5, 0.6) is 0 Å². The standard InChI is InChI=1S/C36H39N9O3/c1-6-7-11-28-27-10-8-9-12-30(27)43(4)34(47)29(41-28)18-32(46)39-25-15-13-22(2)31(17-25)45-21-24-19-38-35(42-33(24)44(5)36(45)48)40-26-16-14-23(3)37-20-26/h6,8-10,12-14,16-17,19-20,25,29H,1,7,11,15,18,21H2,2-5H3,(H,39,46)(H,38,40,42)/t25?,29-/m0/s1. The molecule has 0 spiro atoms. The molecule has 1 unspecified atom stereocenters. The third kappa shape index (κ3) is 6.59. The number of hydrogen-bond donors (Lipinski definition) is 2. The number of fused-ring (bicyclic) bond motifs is 2. The number of likely N-dealkylation sites (N-methyl/N-ethyl adjacent to an activating group) is 1. The third-order valence-corrected chi connectivity index (χ3v) is 8.72. The number of benzene rings is 1. The molecular formula is C36H39N9O3. The number of amides is 4. The summed E-state index contributed by atoms with van der Waals surface area (Å²) >= 11 is 0. The summed E-state index contributed by atoms with van der Waals surface area (Å²) in [7, 11) is 3.40. The first-order chi connectivity index (χ1) is 23.1. The van der Waals surface area contributed by atoms with Gasteiger partial charge in [-0.3, -0.25) is 29.4 Å². The van der Waals surface area contributed by atoms with Crippen molar-refractivity contribution >= 4 is 46.7 Å². The molecule has 12 nitrogen and oxygen atoms in total. The molecular weight excluding hydrogens is 606 g/mol. The molecule has 48 heavy (non-hydrogen) atoms. The first-order valence-corrected chi connectivity index (χ1v) is 16.0. The van der Waals surface area contributed by atoms with E-state index in [2.05, 4.69) is 32.2 Å². The summed E-state index contributed by atoms with van der Waals surface area (Å²) in [6.45, 7) is 7.96. The van der Waals surface area contributed by atoms with Crippen LogP contribution < -0.4 is 20.4 Å². The average Bonchev–Trinajstić information content (AvgIpc) is 3.18. The Hall–Kier alpha value is -5.65. The van der Waals surface area contributed by atoms with Crippen molar-refractivity contribution in [3.05, 3.63) is 102 Å². The fourth-order valence-electron chi connectivity index (χ4n) is 6.11. The van der Waals surface area contributed by atoms with Crippen LogP contribution in [0.15, 0.2) is 89.9 Å². The third-order valence-electron chi connectivity index (χ3n) is 8.72. The monoisotopic (exact) mass is 645 g/mol. The van der Waals surface area contributed by atoms with E-state index in [4.69, 9.17) is 4.99 Å². The van der Waals surface area contributed by atoms with E-state index in [1.807, 2.05) is 68.5 Å². The van der Waals surface area contributed by atoms with Gasteiger partial charge in [0.15, 0.2) is 0 Å². The van der Waals surface area contributed by atoms with E-state index in [0.717, 1.165) is 39.5 Å². The topological polar surface area (TPSA) is 136 Å². The van der Waals surface area contributed by atoms with Crippen molar-refractivity contribution in [3.8, 4) is 0 Å². The molecule has 3 aromatic rings. The number of allylic oxidation sites excluding steroid dienone is 2. The van der Waals surface area contributed by atoms with Crippen LogP contribution in [-0.4, -0.2) is 69.6 Å². The largest absolute Gasteiger partial charge is 0.349 e. The van der Waals surface area contributed by atoms with Crippen LogP contribution in [0, 0.1) is 6.92 Å². The zero-order chi connectivity index (χ0) is 33.9. The van der Waals surface area contributed by atoms with E-state index in [0.29, 0.717) is 36.7 Å². The van der Waals surface area contributed by atoms with Gasteiger partial charge in [0.05, 0.1) is 36.6 Å². The van der Waals surface area contributed by atoms with Gasteiger partial charge in [-0.1, -0.05) is 30.4 Å². The fourth-order valence-corrected chi connectivity index (χ4v) is 6.11. The van der Waals surface area contributed by atoms with Crippen LogP contribution >= 0.6 is 0 Å². The number of hydrogen-bond acceptors (Lipinski definition) is 8. The fraction of sp³-hybridized carbons (Fsp3) is 0.306. The number of anilines is 4. The van der Waals surface area contributed by atoms with E-state index < -0.39 is 6.04 Å². The summed E-state index contributed by atoms with van der Waals surface area (Å²) in [5, 5.41) is 6.21. The molecule has 246 valence electrons. The number of urea groups is 1. The van der Waals surface area contributed by atoms with E-state index in [-0.39, 0.29) is 36.9 Å². The number of aryl methyl sites for hydroxylation is 1. The predicted molar refractivity (Wildman–Crippen MR) is 186 cm³/mol. The first kappa shape index (κ1) is 32.3. The second-order valence-corrected chi connectivity index (χ2v) is 12.2. The normalized spacial score (nSPS) is 19.0. The molecule has 4 amide bonds. The minimum atomic E-state index is -0.859. The Morgan fingerprint density at radius 1 is 1.06 bits per heavy atom. The van der Waals surface area contributed by atoms with E-state index in [1.54, 1.807) is 36.3 Å². The van der Waals surface area contributed by atoms with Crippen molar-refractivity contribution in [2.24, 2.45) is 4.99 Å². The van der Waals surface area contributed by atoms with Crippen LogP contribution in [0.4, 0.5) is 27.9 Å². The van der Waals surface area contributed by atoms with Gasteiger partial charge in [0, 0.05) is 48.5 Å². The molecule has 1 aliphatic carbocycles. The van der Waals surface area contributed by atoms with Gasteiger partial charge in [0.2, 0.25) is 11.9 Å². The van der Waals surface area contributed by atoms with Crippen molar-refractivity contribution in [2.75, 3.05) is 29.2 Å². The number of pyridine rings is 1. The zero-order valence-corrected chi connectivity index (χ0v) is 27.6. The lowest BCUT2D eigenvalue weighted by atomic mass is 9.98. The molecule has 12 heteroatoms. The Morgan fingerprint density at radius 2 is 1.88 bits per heavy atom. The van der Waals surface area contributed by atoms with Gasteiger partial charge in [0.25, 0.3) is 5.91 Å². The Morgan fingerprint density at radius 3 is 2.65 bits per heavy atom. The Balaban J connectivity index is 1.17. The number of para-hydroxylation sites is 1. The van der Waals surface area contributed by atoms with E-state index >= 15 is 0 Å². The van der Waals surface area contributed by atoms with Gasteiger partial charge in [-0.25, -0.2) is 9.78 Å². The van der Waals surface area contributed by atoms with Gasteiger partial charge < -0.3 is 15.5 Å². The maximum Gasteiger partial charge on any atom is 0.330 e. The summed E-state index contributed by atoms with van der Waals surface area (Å²) < 4.78 is 0. The van der Waals surface area contributed by atoms with Gasteiger partial charge in [-0.05, 0) is 63.0 Å². The molecule has 2 aromatic heterocycles. The maximum absolute atomic E-state index is 13.7. The highest BCUT2D eigenvalue weighted by Crippen LogP contribution is 2.33. The van der Waals surface area contributed by atoms with Gasteiger partial charge in [-0.15, -0.1) is 6.58 Å². The summed E-state index contributed by atoms with van der Waals surface area (Å²) in [6.07, 6.45) is 10.9. The van der Waals surface area contributed by atoms with Crippen LogP contribution in [0.3, 0.4) is 0 Å². The highest BCUT2D eigenvalue weighted by atomic mass is 16.2. The van der Waals surface area contributed by atoms with Crippen molar-refractivity contribution in [1.29, 1.82) is 0 Å². The molecule has 0 fully saturated rings. The van der Waals surface area contributed by atoms with Gasteiger partial charge >= 0.3 is 6.03 Å². The summed E-state index contributed by atoms with van der Waals surface area (Å²) in [4.78, 5) is 63.5. The predicted octanol–water partition coefficient (Wildman–Crippen LogP) is 5.20. The number of nitrogens with zero attached hydrogens (tertiary/aromatic N) is 7. The Labute approximate surface area is 280 Å². The molecule has 0 saturated carbocycles. The van der Waals surface area contributed by atoms with Crippen LogP contribution in [0.25, 0.3) is 0 Å². The van der Waals surface area contributed by atoms with E-state index in [9.17, 15) is 14.4 Å². The number of carbonyl (C=O) groups excluding carboxylic acids is 3. The number of aromatic nitrogens is 3. The second kappa shape index (κ2) is 13.6. The highest BCUT2D eigenvalue weighted by Gasteiger charge is 2.35. The van der Waals surface area contributed by atoms with Crippen LogP contribution in [-0.2, 0) is 16.1 Å². The quantitative estimate of drug-likeness (QED) is 0.305. The first-order valence-electron chi connectivity index (χ1n) is 16.0. The van der Waals surface area contributed by atoms with E-state index in [1.165, 1.54) is 4.90 Å². The molecule has 6 rings (SSSR count). The van der Waals surface area contributed by atoms with Gasteiger partial charge in [0.1, 0.15) is 11.9 Å². The van der Waals surface area contributed by atoms with Crippen molar-refractivity contribution in [2.45, 2.75) is 58.2 Å². The molecule has 0 saturated heterocycles. The molecule has 2 N–H and O–H groups in total.